The molecule has 2 N–H and O–H groups in total. The molecule has 1 aromatic heterocycles. The Morgan fingerprint density at radius 3 is 2.44 bits per heavy atom. The molecule has 0 fully saturated rings. The van der Waals surface area contributed by atoms with E-state index in [1.165, 1.54) is 12.3 Å². The van der Waals surface area contributed by atoms with Crippen LogP contribution in [-0.4, -0.2) is 17.0 Å². The van der Waals surface area contributed by atoms with E-state index in [1.54, 1.807) is 18.2 Å². The molecule has 0 atom stereocenters. The largest absolute Gasteiger partial charge is 0.455 e. The van der Waals surface area contributed by atoms with Crippen molar-refractivity contribution >= 4 is 34.2 Å². The molecule has 8 heteroatoms. The van der Waals surface area contributed by atoms with Crippen LogP contribution in [0.2, 0.25) is 0 Å². The Hall–Kier alpha value is -3.39. The van der Waals surface area contributed by atoms with Crippen LogP contribution in [0.25, 0.3) is 0 Å². The number of carbonyl (C=O) groups excluding carboxylic acids is 2. The molecule has 0 bridgehead atoms. The Kier molecular flexibility index (Phi) is 5.68. The third-order valence-corrected chi connectivity index (χ3v) is 4.14. The van der Waals surface area contributed by atoms with Gasteiger partial charge in [-0.3, -0.25) is 10.1 Å². The zero-order valence-electron chi connectivity index (χ0n) is 14.7. The van der Waals surface area contributed by atoms with E-state index in [0.717, 1.165) is 16.9 Å². The fourth-order valence-electron chi connectivity index (χ4n) is 2.21. The van der Waals surface area contributed by atoms with Crippen LogP contribution in [0.3, 0.4) is 0 Å². The van der Waals surface area contributed by atoms with E-state index >= 15 is 0 Å². The number of thiazole rings is 1. The van der Waals surface area contributed by atoms with Gasteiger partial charge in [0.15, 0.2) is 10.9 Å². The fourth-order valence-corrected chi connectivity index (χ4v) is 2.82. The van der Waals surface area contributed by atoms with Crippen molar-refractivity contribution in [2.24, 2.45) is 0 Å². The number of amides is 2. The molecule has 0 unspecified atom stereocenters. The molecule has 0 aliphatic carbocycles. The molecule has 138 valence electrons. The first-order valence-corrected chi connectivity index (χ1v) is 8.93. The summed E-state index contributed by atoms with van der Waals surface area (Å²) in [5.74, 6) is 0.893. The molecule has 3 rings (SSSR count). The molecule has 0 aliphatic rings. The first kappa shape index (κ1) is 18.4. The minimum atomic E-state index is -0.487. The summed E-state index contributed by atoms with van der Waals surface area (Å²) in [6.45, 7) is 3.23. The monoisotopic (exact) mass is 383 g/mol. The maximum absolute atomic E-state index is 12.3. The van der Waals surface area contributed by atoms with Gasteiger partial charge in [-0.25, -0.2) is 4.79 Å². The van der Waals surface area contributed by atoms with Gasteiger partial charge < -0.3 is 14.8 Å². The Morgan fingerprint density at radius 1 is 1.00 bits per heavy atom. The summed E-state index contributed by atoms with van der Waals surface area (Å²) in [5, 5.41) is 7.17. The lowest BCUT2D eigenvalue weighted by Gasteiger charge is -2.13. The molecular weight excluding hydrogens is 366 g/mol. The summed E-state index contributed by atoms with van der Waals surface area (Å²) in [7, 11) is 0. The van der Waals surface area contributed by atoms with Gasteiger partial charge >= 0.3 is 12.0 Å². The van der Waals surface area contributed by atoms with Crippen LogP contribution in [0.5, 0.6) is 17.4 Å². The average molecular weight is 383 g/mol. The Balaban J connectivity index is 1.68. The molecule has 7 nitrogen and oxygen atoms in total. The van der Waals surface area contributed by atoms with E-state index in [4.69, 9.17) is 9.47 Å². The molecule has 0 saturated carbocycles. The second-order valence-electron chi connectivity index (χ2n) is 5.53. The summed E-state index contributed by atoms with van der Waals surface area (Å²) < 4.78 is 10.8. The third-order valence-electron chi connectivity index (χ3n) is 3.40. The highest BCUT2D eigenvalue weighted by Crippen LogP contribution is 2.31. The number of ether oxygens (including phenoxy) is 2. The topological polar surface area (TPSA) is 89.5 Å². The lowest BCUT2D eigenvalue weighted by atomic mass is 10.2. The van der Waals surface area contributed by atoms with Crippen molar-refractivity contribution in [2.75, 3.05) is 10.6 Å². The number of hydrogen-bond donors (Lipinski definition) is 2. The number of benzene rings is 2. The van der Waals surface area contributed by atoms with Gasteiger partial charge in [-0.15, -0.1) is 11.3 Å². The molecule has 1 heterocycles. The molecular formula is C19H17N3O4S. The van der Waals surface area contributed by atoms with E-state index in [2.05, 4.69) is 15.6 Å². The molecule has 0 radical (unpaired) electrons. The van der Waals surface area contributed by atoms with E-state index in [0.29, 0.717) is 22.3 Å². The highest BCUT2D eigenvalue weighted by Gasteiger charge is 2.12. The Morgan fingerprint density at radius 2 is 1.70 bits per heavy atom. The highest BCUT2D eigenvalue weighted by molar-refractivity contribution is 7.14. The van der Waals surface area contributed by atoms with E-state index in [1.807, 2.05) is 37.3 Å². The number of aromatic nitrogens is 1. The third kappa shape index (κ3) is 5.05. The fraction of sp³-hybridized carbons (Fsp3) is 0.105. The second kappa shape index (κ2) is 8.33. The highest BCUT2D eigenvalue weighted by atomic mass is 32.1. The first-order valence-electron chi connectivity index (χ1n) is 8.06. The molecule has 0 aliphatic heterocycles. The summed E-state index contributed by atoms with van der Waals surface area (Å²) in [5.41, 5.74) is 1.49. The molecule has 0 saturated heterocycles. The van der Waals surface area contributed by atoms with E-state index < -0.39 is 12.0 Å². The zero-order chi connectivity index (χ0) is 19.2. The van der Waals surface area contributed by atoms with Crippen LogP contribution >= 0.6 is 11.3 Å². The van der Waals surface area contributed by atoms with Crippen LogP contribution in [-0.2, 0) is 4.79 Å². The predicted molar refractivity (Wildman–Crippen MR) is 104 cm³/mol. The van der Waals surface area contributed by atoms with Crippen LogP contribution < -0.4 is 20.1 Å². The number of aryl methyl sites for hydroxylation is 1. The standard InChI is InChI=1S/C19H17N3O4S/c1-12-7-3-5-9-15(12)26-16-10-6-4-8-14(16)20-18(24)22-19-21-17(11-27-19)25-13(2)23/h3-11H,1-2H3,(H2,20,21,22,24). The van der Waals surface area contributed by atoms with Crippen molar-refractivity contribution in [1.82, 2.24) is 4.98 Å². The molecule has 27 heavy (non-hydrogen) atoms. The van der Waals surface area contributed by atoms with E-state index in [-0.39, 0.29) is 5.88 Å². The summed E-state index contributed by atoms with van der Waals surface area (Å²) >= 11 is 1.15. The number of anilines is 2. The van der Waals surface area contributed by atoms with Crippen molar-refractivity contribution in [3.63, 3.8) is 0 Å². The summed E-state index contributed by atoms with van der Waals surface area (Å²) in [6.07, 6.45) is 0. The van der Waals surface area contributed by atoms with Crippen molar-refractivity contribution < 1.29 is 19.1 Å². The number of hydrogen-bond acceptors (Lipinski definition) is 6. The van der Waals surface area contributed by atoms with Crippen molar-refractivity contribution in [3.05, 3.63) is 59.5 Å². The molecule has 0 spiro atoms. The second-order valence-corrected chi connectivity index (χ2v) is 6.39. The van der Waals surface area contributed by atoms with Gasteiger partial charge in [0, 0.05) is 6.92 Å². The smallest absolute Gasteiger partial charge is 0.325 e. The maximum atomic E-state index is 12.3. The molecule has 3 aromatic rings. The van der Waals surface area contributed by atoms with Gasteiger partial charge in [0.05, 0.1) is 11.1 Å². The Bertz CT molecular complexity index is 971. The van der Waals surface area contributed by atoms with Gasteiger partial charge in [0.2, 0.25) is 5.88 Å². The quantitative estimate of drug-likeness (QED) is 0.617. The van der Waals surface area contributed by atoms with Crippen LogP contribution in [0.4, 0.5) is 15.6 Å². The lowest BCUT2D eigenvalue weighted by molar-refractivity contribution is -0.132. The van der Waals surface area contributed by atoms with Crippen LogP contribution in [0, 0.1) is 6.92 Å². The van der Waals surface area contributed by atoms with Crippen molar-refractivity contribution in [2.45, 2.75) is 13.8 Å². The summed E-state index contributed by atoms with van der Waals surface area (Å²) in [4.78, 5) is 27.2. The molecule has 2 aromatic carbocycles. The number of nitrogens with zero attached hydrogens (tertiary/aromatic N) is 1. The van der Waals surface area contributed by atoms with Crippen LogP contribution in [0.1, 0.15) is 12.5 Å². The number of rotatable bonds is 5. The maximum Gasteiger partial charge on any atom is 0.325 e. The zero-order valence-corrected chi connectivity index (χ0v) is 15.5. The van der Waals surface area contributed by atoms with Crippen molar-refractivity contribution in [1.29, 1.82) is 0 Å². The Labute approximate surface area is 160 Å². The van der Waals surface area contributed by atoms with Gasteiger partial charge in [0.1, 0.15) is 5.75 Å². The van der Waals surface area contributed by atoms with Gasteiger partial charge in [-0.1, -0.05) is 30.3 Å². The minimum absolute atomic E-state index is 0.145. The van der Waals surface area contributed by atoms with Gasteiger partial charge in [0.25, 0.3) is 0 Å². The van der Waals surface area contributed by atoms with E-state index in [9.17, 15) is 9.59 Å². The van der Waals surface area contributed by atoms with Gasteiger partial charge in [-0.2, -0.15) is 4.98 Å². The number of esters is 1. The van der Waals surface area contributed by atoms with Gasteiger partial charge in [-0.05, 0) is 30.7 Å². The summed E-state index contributed by atoms with van der Waals surface area (Å²) in [6, 6.07) is 14.3. The normalized spacial score (nSPS) is 10.1. The SMILES string of the molecule is CC(=O)Oc1csc(NC(=O)Nc2ccccc2Oc2ccccc2C)n1. The molecule has 2 amide bonds. The van der Waals surface area contributed by atoms with Crippen LogP contribution in [0.15, 0.2) is 53.9 Å². The number of carbonyl (C=O) groups is 2. The van der Waals surface area contributed by atoms with Crippen molar-refractivity contribution in [3.8, 4) is 17.4 Å². The lowest BCUT2D eigenvalue weighted by Crippen LogP contribution is -2.19. The average Bonchev–Trinajstić information content (AvgIpc) is 3.04. The predicted octanol–water partition coefficient (Wildman–Crippen LogP) is 4.81. The first-order chi connectivity index (χ1) is 13.0. The number of para-hydroxylation sites is 3. The number of nitrogens with one attached hydrogen (secondary N) is 2. The minimum Gasteiger partial charge on any atom is -0.455 e. The number of urea groups is 1.